The van der Waals surface area contributed by atoms with Crippen LogP contribution in [0.5, 0.6) is 0 Å². The van der Waals surface area contributed by atoms with Crippen LogP contribution in [0.1, 0.15) is 27.2 Å². The van der Waals surface area contributed by atoms with Crippen LogP contribution in [0, 0.1) is 11.8 Å². The molecule has 0 spiro atoms. The van der Waals surface area contributed by atoms with Gasteiger partial charge in [-0.2, -0.15) is 0 Å². The van der Waals surface area contributed by atoms with Crippen molar-refractivity contribution < 1.29 is 14.7 Å². The van der Waals surface area contributed by atoms with Crippen LogP contribution in [0.3, 0.4) is 0 Å². The Morgan fingerprint density at radius 2 is 2.07 bits per heavy atom. The lowest BCUT2D eigenvalue weighted by Crippen LogP contribution is -2.14. The maximum absolute atomic E-state index is 10.2. The molecule has 5 heteroatoms. The lowest BCUT2D eigenvalue weighted by Gasteiger charge is -2.07. The third kappa shape index (κ3) is 7.93. The van der Waals surface area contributed by atoms with Gasteiger partial charge >= 0.3 is 5.97 Å². The van der Waals surface area contributed by atoms with E-state index in [9.17, 15) is 9.59 Å². The zero-order valence-electron chi connectivity index (χ0n) is 9.54. The summed E-state index contributed by atoms with van der Waals surface area (Å²) in [7, 11) is 0. The van der Waals surface area contributed by atoms with E-state index in [1.807, 2.05) is 13.8 Å². The van der Waals surface area contributed by atoms with E-state index in [0.717, 1.165) is 6.42 Å². The SMILES string of the molecule is CC(C)CC(C)C(=O)O.O=C1CNCN1. The van der Waals surface area contributed by atoms with Crippen LogP contribution in [0.4, 0.5) is 0 Å². The van der Waals surface area contributed by atoms with Crippen LogP contribution in [0.2, 0.25) is 0 Å². The molecular weight excluding hydrogens is 196 g/mol. The Balaban J connectivity index is 0.000000280. The number of carboxylic acids is 1. The monoisotopic (exact) mass is 216 g/mol. The van der Waals surface area contributed by atoms with Gasteiger partial charge in [0.05, 0.1) is 19.1 Å². The predicted molar refractivity (Wildman–Crippen MR) is 57.3 cm³/mol. The molecule has 1 amide bonds. The quantitative estimate of drug-likeness (QED) is 0.638. The van der Waals surface area contributed by atoms with Crippen molar-refractivity contribution in [3.8, 4) is 0 Å². The third-order valence-electron chi connectivity index (χ3n) is 1.94. The summed E-state index contributed by atoms with van der Waals surface area (Å²) in [5.74, 6) is -0.306. The lowest BCUT2D eigenvalue weighted by atomic mass is 9.99. The highest BCUT2D eigenvalue weighted by molar-refractivity contribution is 5.79. The van der Waals surface area contributed by atoms with Gasteiger partial charge in [-0.15, -0.1) is 0 Å². The summed E-state index contributed by atoms with van der Waals surface area (Å²) in [6.45, 7) is 6.92. The molecule has 15 heavy (non-hydrogen) atoms. The molecule has 1 fully saturated rings. The number of hydrogen-bond acceptors (Lipinski definition) is 3. The summed E-state index contributed by atoms with van der Waals surface area (Å²) < 4.78 is 0. The number of aliphatic carboxylic acids is 1. The second kappa shape index (κ2) is 7.23. The molecule has 0 aromatic heterocycles. The number of amides is 1. The smallest absolute Gasteiger partial charge is 0.306 e. The molecule has 3 N–H and O–H groups in total. The number of carbonyl (C=O) groups excluding carboxylic acids is 1. The van der Waals surface area contributed by atoms with Crippen LogP contribution >= 0.6 is 0 Å². The summed E-state index contributed by atoms with van der Waals surface area (Å²) >= 11 is 0. The van der Waals surface area contributed by atoms with E-state index < -0.39 is 5.97 Å². The zero-order valence-corrected chi connectivity index (χ0v) is 9.54. The third-order valence-corrected chi connectivity index (χ3v) is 1.94. The van der Waals surface area contributed by atoms with E-state index >= 15 is 0 Å². The van der Waals surface area contributed by atoms with Gasteiger partial charge in [-0.25, -0.2) is 0 Å². The highest BCUT2D eigenvalue weighted by atomic mass is 16.4. The van der Waals surface area contributed by atoms with E-state index in [1.165, 1.54) is 0 Å². The van der Waals surface area contributed by atoms with E-state index in [2.05, 4.69) is 10.6 Å². The standard InChI is InChI=1S/C7H14O2.C3H6N2O/c1-5(2)4-6(3)7(8)9;6-3-1-4-2-5-3/h5-6H,4H2,1-3H3,(H,8,9);4H,1-2H2,(H,5,6). The number of carbonyl (C=O) groups is 2. The molecule has 5 nitrogen and oxygen atoms in total. The van der Waals surface area contributed by atoms with E-state index in [-0.39, 0.29) is 11.8 Å². The Morgan fingerprint density at radius 1 is 1.47 bits per heavy atom. The second-order valence-corrected chi connectivity index (χ2v) is 4.07. The molecule has 1 aliphatic heterocycles. The van der Waals surface area contributed by atoms with Gasteiger partial charge in [-0.1, -0.05) is 20.8 Å². The average Bonchev–Trinajstić information content (AvgIpc) is 2.55. The van der Waals surface area contributed by atoms with Crippen LogP contribution in [-0.2, 0) is 9.59 Å². The Kier molecular flexibility index (Phi) is 6.70. The molecule has 1 unspecified atom stereocenters. The van der Waals surface area contributed by atoms with Gasteiger partial charge in [-0.3, -0.25) is 14.9 Å². The molecule has 1 heterocycles. The minimum Gasteiger partial charge on any atom is -0.481 e. The maximum Gasteiger partial charge on any atom is 0.306 e. The molecule has 1 atom stereocenters. The Labute approximate surface area is 90.2 Å². The lowest BCUT2D eigenvalue weighted by molar-refractivity contribution is -0.141. The maximum atomic E-state index is 10.2. The van der Waals surface area contributed by atoms with Gasteiger partial charge in [0, 0.05) is 0 Å². The van der Waals surface area contributed by atoms with Gasteiger partial charge in [0.25, 0.3) is 0 Å². The van der Waals surface area contributed by atoms with E-state index in [4.69, 9.17) is 5.11 Å². The zero-order chi connectivity index (χ0) is 11.8. The molecule has 1 rings (SSSR count). The summed E-state index contributed by atoms with van der Waals surface area (Å²) in [5, 5.41) is 13.8. The molecule has 0 aromatic carbocycles. The van der Waals surface area contributed by atoms with Crippen molar-refractivity contribution >= 4 is 11.9 Å². The fourth-order valence-electron chi connectivity index (χ4n) is 1.21. The normalized spacial score (nSPS) is 16.7. The predicted octanol–water partition coefficient (Wildman–Crippen LogP) is 0.417. The Bertz CT molecular complexity index is 209. The molecule has 0 bridgehead atoms. The van der Waals surface area contributed by atoms with Gasteiger partial charge in [0.2, 0.25) is 5.91 Å². The summed E-state index contributed by atoms with van der Waals surface area (Å²) in [6.07, 6.45) is 0.773. The first-order valence-corrected chi connectivity index (χ1v) is 5.13. The minimum absolute atomic E-state index is 0.0926. The van der Waals surface area contributed by atoms with Gasteiger partial charge < -0.3 is 10.4 Å². The fourth-order valence-corrected chi connectivity index (χ4v) is 1.21. The van der Waals surface area contributed by atoms with Crippen LogP contribution < -0.4 is 10.6 Å². The first kappa shape index (κ1) is 13.9. The van der Waals surface area contributed by atoms with Gasteiger partial charge in [0.15, 0.2) is 0 Å². The topological polar surface area (TPSA) is 78.4 Å². The fraction of sp³-hybridized carbons (Fsp3) is 0.800. The summed E-state index contributed by atoms with van der Waals surface area (Å²) in [4.78, 5) is 20.3. The summed E-state index contributed by atoms with van der Waals surface area (Å²) in [5.41, 5.74) is 0. The largest absolute Gasteiger partial charge is 0.481 e. The second-order valence-electron chi connectivity index (χ2n) is 4.07. The highest BCUT2D eigenvalue weighted by Gasteiger charge is 2.11. The molecular formula is C10H20N2O3. The van der Waals surface area contributed by atoms with Crippen LogP contribution in [0.25, 0.3) is 0 Å². The van der Waals surface area contributed by atoms with Gasteiger partial charge in [0.1, 0.15) is 0 Å². The van der Waals surface area contributed by atoms with E-state index in [0.29, 0.717) is 19.1 Å². The Morgan fingerprint density at radius 3 is 2.20 bits per heavy atom. The van der Waals surface area contributed by atoms with Gasteiger partial charge in [-0.05, 0) is 12.3 Å². The highest BCUT2D eigenvalue weighted by Crippen LogP contribution is 2.09. The Hall–Kier alpha value is -1.10. The van der Waals surface area contributed by atoms with Crippen molar-refractivity contribution in [2.75, 3.05) is 13.2 Å². The number of nitrogens with one attached hydrogen (secondary N) is 2. The molecule has 0 radical (unpaired) electrons. The number of hydrogen-bond donors (Lipinski definition) is 3. The van der Waals surface area contributed by atoms with Crippen molar-refractivity contribution in [1.29, 1.82) is 0 Å². The summed E-state index contributed by atoms with van der Waals surface area (Å²) in [6, 6.07) is 0. The van der Waals surface area contributed by atoms with Crippen molar-refractivity contribution in [1.82, 2.24) is 10.6 Å². The molecule has 0 aliphatic carbocycles. The molecule has 0 saturated carbocycles. The molecule has 1 saturated heterocycles. The number of rotatable bonds is 3. The van der Waals surface area contributed by atoms with Crippen LogP contribution in [0.15, 0.2) is 0 Å². The van der Waals surface area contributed by atoms with Crippen molar-refractivity contribution in [3.63, 3.8) is 0 Å². The van der Waals surface area contributed by atoms with Crippen molar-refractivity contribution in [2.24, 2.45) is 11.8 Å². The van der Waals surface area contributed by atoms with E-state index in [1.54, 1.807) is 6.92 Å². The minimum atomic E-state index is -0.691. The molecule has 88 valence electrons. The van der Waals surface area contributed by atoms with Crippen molar-refractivity contribution in [2.45, 2.75) is 27.2 Å². The van der Waals surface area contributed by atoms with Crippen LogP contribution in [-0.4, -0.2) is 30.2 Å². The van der Waals surface area contributed by atoms with Crippen molar-refractivity contribution in [3.05, 3.63) is 0 Å². The first-order valence-electron chi connectivity index (χ1n) is 5.13. The average molecular weight is 216 g/mol. The number of carboxylic acid groups (broad SMARTS) is 1. The molecule has 1 aliphatic rings. The molecule has 0 aromatic rings. The first-order chi connectivity index (χ1) is 6.93.